The van der Waals surface area contributed by atoms with Crippen molar-refractivity contribution in [3.05, 3.63) is 42.4 Å². The minimum Gasteiger partial charge on any atom is -0.352 e. The first-order valence-corrected chi connectivity index (χ1v) is 8.63. The van der Waals surface area contributed by atoms with Gasteiger partial charge < -0.3 is 11.1 Å². The van der Waals surface area contributed by atoms with E-state index >= 15 is 0 Å². The van der Waals surface area contributed by atoms with Crippen LogP contribution in [0.5, 0.6) is 0 Å². The molecule has 2 aromatic heterocycles. The molecule has 0 unspecified atom stereocenters. The maximum Gasteiger partial charge on any atom is 0.220 e. The summed E-state index contributed by atoms with van der Waals surface area (Å²) < 4.78 is 1.71. The number of nitrogens with two attached hydrogens (primary N) is 1. The van der Waals surface area contributed by atoms with Crippen LogP contribution in [-0.4, -0.2) is 27.2 Å². The molecule has 1 amide bonds. The summed E-state index contributed by atoms with van der Waals surface area (Å²) in [6, 6.07) is 5.69. The van der Waals surface area contributed by atoms with Gasteiger partial charge in [0.05, 0.1) is 0 Å². The lowest BCUT2D eigenvalue weighted by molar-refractivity contribution is -0.124. The molecule has 6 heteroatoms. The fourth-order valence-corrected chi connectivity index (χ4v) is 3.52. The highest BCUT2D eigenvalue weighted by Crippen LogP contribution is 2.38. The van der Waals surface area contributed by atoms with E-state index in [2.05, 4.69) is 15.4 Å². The molecule has 0 aromatic carbocycles. The standard InChI is InChI=1S/C18H25N5O/c19-14-18(7-2-1-3-8-18)12-16(24)21-13-15-6-4-9-20-17(15)23-11-5-10-22-23/h4-6,9-11H,1-3,7-8,12-14,19H2,(H,21,24). The van der Waals surface area contributed by atoms with Crippen molar-refractivity contribution in [1.29, 1.82) is 0 Å². The summed E-state index contributed by atoms with van der Waals surface area (Å²) in [5.41, 5.74) is 6.91. The van der Waals surface area contributed by atoms with Crippen molar-refractivity contribution in [2.24, 2.45) is 11.1 Å². The zero-order chi connectivity index (χ0) is 16.8. The van der Waals surface area contributed by atoms with Crippen LogP contribution in [0, 0.1) is 5.41 Å². The Morgan fingerprint density at radius 2 is 2.08 bits per heavy atom. The molecule has 1 aliphatic carbocycles. The van der Waals surface area contributed by atoms with Crippen molar-refractivity contribution in [3.63, 3.8) is 0 Å². The van der Waals surface area contributed by atoms with Gasteiger partial charge in [-0.15, -0.1) is 0 Å². The van der Waals surface area contributed by atoms with Gasteiger partial charge in [-0.2, -0.15) is 5.10 Å². The van der Waals surface area contributed by atoms with Gasteiger partial charge in [-0.3, -0.25) is 4.79 Å². The van der Waals surface area contributed by atoms with Gasteiger partial charge in [-0.25, -0.2) is 9.67 Å². The van der Waals surface area contributed by atoms with Gasteiger partial charge in [-0.05, 0) is 36.9 Å². The average Bonchev–Trinajstić information content (AvgIpc) is 3.15. The van der Waals surface area contributed by atoms with Gasteiger partial charge in [0, 0.05) is 37.1 Å². The van der Waals surface area contributed by atoms with Gasteiger partial charge in [0.25, 0.3) is 0 Å². The molecule has 0 saturated heterocycles. The first-order valence-electron chi connectivity index (χ1n) is 8.63. The normalized spacial score (nSPS) is 16.7. The predicted molar refractivity (Wildman–Crippen MR) is 92.4 cm³/mol. The number of hydrogen-bond donors (Lipinski definition) is 2. The Hall–Kier alpha value is -2.21. The second-order valence-electron chi connectivity index (χ2n) is 6.66. The molecule has 0 atom stereocenters. The van der Waals surface area contributed by atoms with Crippen LogP contribution in [0.15, 0.2) is 36.8 Å². The predicted octanol–water partition coefficient (Wildman–Crippen LogP) is 2.18. The summed E-state index contributed by atoms with van der Waals surface area (Å²) in [4.78, 5) is 16.8. The van der Waals surface area contributed by atoms with Crippen molar-refractivity contribution < 1.29 is 4.79 Å². The smallest absolute Gasteiger partial charge is 0.220 e. The SMILES string of the molecule is NCC1(CC(=O)NCc2cccnc2-n2cccn2)CCCCC1. The molecule has 0 aliphatic heterocycles. The summed E-state index contributed by atoms with van der Waals surface area (Å²) in [5, 5.41) is 7.25. The number of nitrogens with one attached hydrogen (secondary N) is 1. The first kappa shape index (κ1) is 16.6. The molecule has 1 fully saturated rings. The lowest BCUT2D eigenvalue weighted by Crippen LogP contribution is -2.38. The molecule has 3 rings (SSSR count). The fourth-order valence-electron chi connectivity index (χ4n) is 3.52. The van der Waals surface area contributed by atoms with Crippen LogP contribution in [0.4, 0.5) is 0 Å². The Balaban J connectivity index is 1.63. The Bertz CT molecular complexity index is 662. The van der Waals surface area contributed by atoms with Crippen molar-refractivity contribution in [3.8, 4) is 5.82 Å². The number of pyridine rings is 1. The monoisotopic (exact) mass is 327 g/mol. The topological polar surface area (TPSA) is 85.8 Å². The number of rotatable bonds is 6. The number of hydrogen-bond acceptors (Lipinski definition) is 4. The Kier molecular flexibility index (Phi) is 5.25. The van der Waals surface area contributed by atoms with Gasteiger partial charge in [0.2, 0.25) is 5.91 Å². The largest absolute Gasteiger partial charge is 0.352 e. The van der Waals surface area contributed by atoms with Crippen molar-refractivity contribution in [2.75, 3.05) is 6.54 Å². The van der Waals surface area contributed by atoms with Crippen LogP contribution in [0.25, 0.3) is 5.82 Å². The molecule has 2 heterocycles. The zero-order valence-electron chi connectivity index (χ0n) is 13.9. The van der Waals surface area contributed by atoms with E-state index in [0.717, 1.165) is 24.2 Å². The summed E-state index contributed by atoms with van der Waals surface area (Å²) in [6.45, 7) is 1.04. The third-order valence-corrected chi connectivity index (χ3v) is 4.95. The average molecular weight is 327 g/mol. The molecule has 0 bridgehead atoms. The molecule has 128 valence electrons. The quantitative estimate of drug-likeness (QED) is 0.851. The van der Waals surface area contributed by atoms with Gasteiger partial charge in [0.15, 0.2) is 5.82 Å². The first-order chi connectivity index (χ1) is 11.7. The number of nitrogens with zero attached hydrogens (tertiary/aromatic N) is 3. The molecule has 3 N–H and O–H groups in total. The summed E-state index contributed by atoms with van der Waals surface area (Å²) >= 11 is 0. The number of carbonyl (C=O) groups excluding carboxylic acids is 1. The van der Waals surface area contributed by atoms with E-state index in [1.54, 1.807) is 17.1 Å². The van der Waals surface area contributed by atoms with Gasteiger partial charge in [-0.1, -0.05) is 25.3 Å². The molecule has 24 heavy (non-hydrogen) atoms. The number of amides is 1. The maximum atomic E-state index is 12.4. The van der Waals surface area contributed by atoms with E-state index in [4.69, 9.17) is 5.73 Å². The number of aromatic nitrogens is 3. The highest BCUT2D eigenvalue weighted by Gasteiger charge is 2.32. The van der Waals surface area contributed by atoms with E-state index < -0.39 is 0 Å². The third-order valence-electron chi connectivity index (χ3n) is 4.95. The maximum absolute atomic E-state index is 12.4. The molecular formula is C18H25N5O. The van der Waals surface area contributed by atoms with Crippen molar-refractivity contribution in [2.45, 2.75) is 45.1 Å². The third kappa shape index (κ3) is 3.82. The van der Waals surface area contributed by atoms with E-state index in [9.17, 15) is 4.79 Å². The zero-order valence-corrected chi connectivity index (χ0v) is 13.9. The Labute approximate surface area is 142 Å². The fraction of sp³-hybridized carbons (Fsp3) is 0.500. The lowest BCUT2D eigenvalue weighted by Gasteiger charge is -2.35. The highest BCUT2D eigenvalue weighted by molar-refractivity contribution is 5.76. The van der Waals surface area contributed by atoms with Crippen LogP contribution in [0.2, 0.25) is 0 Å². The highest BCUT2D eigenvalue weighted by atomic mass is 16.1. The minimum absolute atomic E-state index is 0.0118. The summed E-state index contributed by atoms with van der Waals surface area (Å²) in [5.74, 6) is 0.812. The summed E-state index contributed by atoms with van der Waals surface area (Å²) in [6.07, 6.45) is 11.5. The van der Waals surface area contributed by atoms with Gasteiger partial charge in [0.1, 0.15) is 0 Å². The van der Waals surface area contributed by atoms with Crippen LogP contribution in [-0.2, 0) is 11.3 Å². The van der Waals surface area contributed by atoms with Crippen molar-refractivity contribution in [1.82, 2.24) is 20.1 Å². The van der Waals surface area contributed by atoms with Gasteiger partial charge >= 0.3 is 0 Å². The van der Waals surface area contributed by atoms with Crippen LogP contribution in [0.3, 0.4) is 0 Å². The van der Waals surface area contributed by atoms with E-state index in [1.807, 2.05) is 24.4 Å². The Morgan fingerprint density at radius 3 is 2.79 bits per heavy atom. The molecule has 0 radical (unpaired) electrons. The lowest BCUT2D eigenvalue weighted by atomic mass is 9.71. The van der Waals surface area contributed by atoms with Crippen molar-refractivity contribution >= 4 is 5.91 Å². The molecule has 1 aliphatic rings. The minimum atomic E-state index is -0.0118. The molecule has 2 aromatic rings. The van der Waals surface area contributed by atoms with Crippen LogP contribution in [0.1, 0.15) is 44.1 Å². The van der Waals surface area contributed by atoms with Crippen LogP contribution >= 0.6 is 0 Å². The molecule has 6 nitrogen and oxygen atoms in total. The number of carbonyl (C=O) groups is 1. The van der Waals surface area contributed by atoms with E-state index in [-0.39, 0.29) is 11.3 Å². The molecule has 1 saturated carbocycles. The Morgan fingerprint density at radius 1 is 1.25 bits per heavy atom. The van der Waals surface area contributed by atoms with E-state index in [1.165, 1.54) is 19.3 Å². The second-order valence-corrected chi connectivity index (χ2v) is 6.66. The summed E-state index contributed by atoms with van der Waals surface area (Å²) in [7, 11) is 0. The molecule has 0 spiro atoms. The second kappa shape index (κ2) is 7.57. The molecular weight excluding hydrogens is 302 g/mol. The van der Waals surface area contributed by atoms with Crippen LogP contribution < -0.4 is 11.1 Å². The van der Waals surface area contributed by atoms with E-state index in [0.29, 0.717) is 19.5 Å².